The molecule has 2 aromatic rings. The average Bonchev–Trinajstić information content (AvgIpc) is 2.59. The van der Waals surface area contributed by atoms with E-state index in [1.54, 1.807) is 0 Å². The summed E-state index contributed by atoms with van der Waals surface area (Å²) in [6.07, 6.45) is 3.08. The molecule has 2 rings (SSSR count). The number of aryl methyl sites for hydroxylation is 2. The van der Waals surface area contributed by atoms with E-state index in [1.165, 1.54) is 11.1 Å². The minimum absolute atomic E-state index is 0.112. The number of amides is 1. The lowest BCUT2D eigenvalue weighted by atomic mass is 10.0. The van der Waals surface area contributed by atoms with Crippen molar-refractivity contribution < 1.29 is 4.79 Å². The monoisotopic (exact) mass is 308 g/mol. The van der Waals surface area contributed by atoms with E-state index in [9.17, 15) is 4.79 Å². The van der Waals surface area contributed by atoms with Crippen LogP contribution in [0.1, 0.15) is 37.8 Å². The fourth-order valence-corrected chi connectivity index (χ4v) is 2.17. The van der Waals surface area contributed by atoms with Gasteiger partial charge in [0.2, 0.25) is 5.91 Å². The highest BCUT2D eigenvalue weighted by molar-refractivity contribution is 5.91. The maximum absolute atomic E-state index is 11.3. The first kappa shape index (κ1) is 18.4. The first-order valence-corrected chi connectivity index (χ1v) is 8.07. The van der Waals surface area contributed by atoms with E-state index in [2.05, 4.69) is 29.6 Å². The number of nitrogens with zero attached hydrogens (tertiary/aromatic N) is 1. The molecule has 0 aliphatic rings. The number of carbonyl (C=O) groups is 1. The third kappa shape index (κ3) is 7.28. The number of nitriles is 1. The van der Waals surface area contributed by atoms with Crippen LogP contribution in [-0.2, 0) is 17.6 Å². The normalized spacial score (nSPS) is 9.26. The molecule has 120 valence electrons. The lowest BCUT2D eigenvalue weighted by molar-refractivity contribution is -0.115. The van der Waals surface area contributed by atoms with Crippen LogP contribution in [0.25, 0.3) is 0 Å². The number of carbonyl (C=O) groups excluding carboxylic acids is 1. The molecular formula is C20H24N2O. The summed E-state index contributed by atoms with van der Waals surface area (Å²) in [5.41, 5.74) is 3.35. The van der Waals surface area contributed by atoms with Crippen molar-refractivity contribution in [2.24, 2.45) is 0 Å². The molecule has 0 saturated heterocycles. The smallest absolute Gasteiger partial charge is 0.238 e. The highest BCUT2D eigenvalue weighted by atomic mass is 16.1. The van der Waals surface area contributed by atoms with Gasteiger partial charge in [0.05, 0.1) is 6.07 Å². The quantitative estimate of drug-likeness (QED) is 0.838. The molecule has 3 nitrogen and oxygen atoms in total. The highest BCUT2D eigenvalue weighted by Crippen LogP contribution is 2.13. The summed E-state index contributed by atoms with van der Waals surface area (Å²) in [5, 5.41) is 11.1. The minimum Gasteiger partial charge on any atom is -0.325 e. The van der Waals surface area contributed by atoms with Crippen molar-refractivity contribution in [3.8, 4) is 6.07 Å². The van der Waals surface area contributed by atoms with Gasteiger partial charge in [-0.15, -0.1) is 0 Å². The zero-order chi connectivity index (χ0) is 16.9. The number of nitrogens with one attached hydrogen (secondary N) is 1. The van der Waals surface area contributed by atoms with Gasteiger partial charge in [0.1, 0.15) is 6.42 Å². The fourth-order valence-electron chi connectivity index (χ4n) is 2.17. The van der Waals surface area contributed by atoms with Gasteiger partial charge in [-0.05, 0) is 42.5 Å². The lowest BCUT2D eigenvalue weighted by Gasteiger charge is -2.05. The van der Waals surface area contributed by atoms with E-state index in [0.29, 0.717) is 0 Å². The van der Waals surface area contributed by atoms with E-state index in [4.69, 9.17) is 5.26 Å². The molecule has 0 aromatic heterocycles. The van der Waals surface area contributed by atoms with Crippen molar-refractivity contribution in [3.05, 3.63) is 65.7 Å². The van der Waals surface area contributed by atoms with Crippen LogP contribution in [0.3, 0.4) is 0 Å². The number of hydrogen-bond acceptors (Lipinski definition) is 2. The van der Waals surface area contributed by atoms with Gasteiger partial charge in [-0.25, -0.2) is 0 Å². The minimum atomic E-state index is -0.269. The van der Waals surface area contributed by atoms with E-state index in [-0.39, 0.29) is 12.3 Å². The molecule has 0 atom stereocenters. The lowest BCUT2D eigenvalue weighted by Crippen LogP contribution is -2.09. The van der Waals surface area contributed by atoms with Crippen LogP contribution in [0.2, 0.25) is 0 Å². The Kier molecular flexibility index (Phi) is 8.85. The van der Waals surface area contributed by atoms with Crippen LogP contribution in [-0.4, -0.2) is 5.91 Å². The Morgan fingerprint density at radius 2 is 1.52 bits per heavy atom. The van der Waals surface area contributed by atoms with E-state index < -0.39 is 0 Å². The van der Waals surface area contributed by atoms with Crippen molar-refractivity contribution in [2.45, 2.75) is 39.5 Å². The third-order valence-electron chi connectivity index (χ3n) is 3.25. The molecule has 23 heavy (non-hydrogen) atoms. The van der Waals surface area contributed by atoms with Gasteiger partial charge in [-0.3, -0.25) is 4.79 Å². The van der Waals surface area contributed by atoms with Crippen LogP contribution < -0.4 is 5.32 Å². The number of hydrogen-bond donors (Lipinski definition) is 1. The Labute approximate surface area is 139 Å². The van der Waals surface area contributed by atoms with Crippen molar-refractivity contribution >= 4 is 11.6 Å². The molecule has 1 N–H and O–H groups in total. The summed E-state index contributed by atoms with van der Waals surface area (Å²) >= 11 is 0. The van der Waals surface area contributed by atoms with Crippen LogP contribution in [0, 0.1) is 11.3 Å². The third-order valence-corrected chi connectivity index (χ3v) is 3.25. The van der Waals surface area contributed by atoms with Crippen LogP contribution in [0.5, 0.6) is 0 Å². The van der Waals surface area contributed by atoms with Gasteiger partial charge >= 0.3 is 0 Å². The Hall–Kier alpha value is -2.60. The SMILES string of the molecule is CC.N#CCC(=O)Nc1ccc(CCCc2ccccc2)cc1. The van der Waals surface area contributed by atoms with E-state index >= 15 is 0 Å². The Morgan fingerprint density at radius 1 is 0.957 bits per heavy atom. The van der Waals surface area contributed by atoms with Crippen LogP contribution in [0.15, 0.2) is 54.6 Å². The van der Waals surface area contributed by atoms with Gasteiger partial charge < -0.3 is 5.32 Å². The molecule has 0 aliphatic carbocycles. The van der Waals surface area contributed by atoms with Gasteiger partial charge in [0.15, 0.2) is 0 Å². The van der Waals surface area contributed by atoms with Crippen LogP contribution in [0.4, 0.5) is 5.69 Å². The summed E-state index contributed by atoms with van der Waals surface area (Å²) in [7, 11) is 0. The van der Waals surface area contributed by atoms with Crippen molar-refractivity contribution in [2.75, 3.05) is 5.32 Å². The summed E-state index contributed by atoms with van der Waals surface area (Å²) in [6.45, 7) is 4.00. The van der Waals surface area contributed by atoms with E-state index in [0.717, 1.165) is 24.9 Å². The Balaban J connectivity index is 0.00000127. The molecule has 0 heterocycles. The second-order valence-corrected chi connectivity index (χ2v) is 4.92. The van der Waals surface area contributed by atoms with Gasteiger partial charge in [0, 0.05) is 5.69 Å². The van der Waals surface area contributed by atoms with Gasteiger partial charge in [-0.2, -0.15) is 5.26 Å². The molecule has 0 unspecified atom stereocenters. The molecule has 0 fully saturated rings. The fraction of sp³-hybridized carbons (Fsp3) is 0.300. The summed E-state index contributed by atoms with van der Waals surface area (Å²) in [4.78, 5) is 11.3. The first-order valence-electron chi connectivity index (χ1n) is 8.07. The predicted molar refractivity (Wildman–Crippen MR) is 95.1 cm³/mol. The molecule has 1 amide bonds. The molecule has 0 saturated carbocycles. The zero-order valence-electron chi connectivity index (χ0n) is 13.9. The van der Waals surface area contributed by atoms with Gasteiger partial charge in [-0.1, -0.05) is 56.3 Å². The zero-order valence-corrected chi connectivity index (χ0v) is 13.9. The number of rotatable bonds is 6. The number of benzene rings is 2. The standard InChI is InChI=1S/C18H18N2O.C2H6/c19-14-13-18(21)20-17-11-9-16(10-12-17)8-4-7-15-5-2-1-3-6-15;1-2/h1-3,5-6,9-12H,4,7-8,13H2,(H,20,21);1-2H3. The average molecular weight is 308 g/mol. The van der Waals surface area contributed by atoms with Crippen molar-refractivity contribution in [3.63, 3.8) is 0 Å². The molecule has 3 heteroatoms. The molecular weight excluding hydrogens is 284 g/mol. The van der Waals surface area contributed by atoms with Crippen molar-refractivity contribution in [1.29, 1.82) is 5.26 Å². The van der Waals surface area contributed by atoms with Crippen LogP contribution >= 0.6 is 0 Å². The molecule has 0 spiro atoms. The van der Waals surface area contributed by atoms with E-state index in [1.807, 2.05) is 50.2 Å². The van der Waals surface area contributed by atoms with Gasteiger partial charge in [0.25, 0.3) is 0 Å². The molecule has 0 radical (unpaired) electrons. The highest BCUT2D eigenvalue weighted by Gasteiger charge is 2.01. The summed E-state index contributed by atoms with van der Waals surface area (Å²) in [5.74, 6) is -0.269. The predicted octanol–water partition coefficient (Wildman–Crippen LogP) is 4.74. The second kappa shape index (κ2) is 11.0. The first-order chi connectivity index (χ1) is 11.3. The maximum Gasteiger partial charge on any atom is 0.238 e. The molecule has 0 bridgehead atoms. The summed E-state index contributed by atoms with van der Waals surface area (Å²) in [6, 6.07) is 20.1. The second-order valence-electron chi connectivity index (χ2n) is 4.92. The van der Waals surface area contributed by atoms with Crippen molar-refractivity contribution in [1.82, 2.24) is 0 Å². The summed E-state index contributed by atoms with van der Waals surface area (Å²) < 4.78 is 0. The Morgan fingerprint density at radius 3 is 2.09 bits per heavy atom. The number of anilines is 1. The molecule has 0 aliphatic heterocycles. The largest absolute Gasteiger partial charge is 0.325 e. The topological polar surface area (TPSA) is 52.9 Å². The maximum atomic E-state index is 11.3. The molecule has 2 aromatic carbocycles. The Bertz CT molecular complexity index is 612.